The molecule has 1 aliphatic heterocycles. The number of fused-ring (bicyclic) bond motifs is 1. The summed E-state index contributed by atoms with van der Waals surface area (Å²) in [7, 11) is 0. The third-order valence-electron chi connectivity index (χ3n) is 7.14. The summed E-state index contributed by atoms with van der Waals surface area (Å²) in [5.41, 5.74) is 2.12. The zero-order valence-corrected chi connectivity index (χ0v) is 22.8. The second-order valence-corrected chi connectivity index (χ2v) is 9.77. The molecule has 0 bridgehead atoms. The van der Waals surface area contributed by atoms with Crippen molar-refractivity contribution in [2.45, 2.75) is 20.0 Å². The van der Waals surface area contributed by atoms with E-state index in [4.69, 9.17) is 9.15 Å². The van der Waals surface area contributed by atoms with Crippen LogP contribution in [0.5, 0.6) is 5.75 Å². The first-order chi connectivity index (χ1) is 19.7. The van der Waals surface area contributed by atoms with Crippen LogP contribution in [0, 0.1) is 6.92 Å². The van der Waals surface area contributed by atoms with Gasteiger partial charge >= 0.3 is 6.18 Å². The molecule has 0 radical (unpaired) electrons. The molecule has 41 heavy (non-hydrogen) atoms. The van der Waals surface area contributed by atoms with Crippen LogP contribution in [0.15, 0.2) is 82.0 Å². The number of ether oxygens (including phenoxy) is 1. The van der Waals surface area contributed by atoms with Crippen molar-refractivity contribution in [3.05, 3.63) is 94.1 Å². The van der Waals surface area contributed by atoms with E-state index in [0.29, 0.717) is 55.1 Å². The van der Waals surface area contributed by atoms with Crippen molar-refractivity contribution in [2.24, 2.45) is 0 Å². The van der Waals surface area contributed by atoms with Gasteiger partial charge in [0.2, 0.25) is 0 Å². The fraction of sp³-hybridized carbons (Fsp3) is 0.290. The molecule has 1 aliphatic rings. The molecular weight excluding hydrogens is 535 g/mol. The normalized spacial score (nSPS) is 14.3. The average Bonchev–Trinajstić information content (AvgIpc) is 2.98. The van der Waals surface area contributed by atoms with Gasteiger partial charge in [0.15, 0.2) is 17.6 Å². The summed E-state index contributed by atoms with van der Waals surface area (Å²) in [6.45, 7) is 4.44. The van der Waals surface area contributed by atoms with Gasteiger partial charge in [0.1, 0.15) is 11.5 Å². The Morgan fingerprint density at radius 2 is 1.63 bits per heavy atom. The number of nitrogens with zero attached hydrogens (tertiary/aromatic N) is 3. The Labute approximate surface area is 235 Å². The van der Waals surface area contributed by atoms with Crippen molar-refractivity contribution in [3.8, 4) is 17.1 Å². The Hall–Kier alpha value is -4.31. The Balaban J connectivity index is 1.39. The zero-order chi connectivity index (χ0) is 29.1. The molecule has 0 spiro atoms. The average molecular weight is 566 g/mol. The van der Waals surface area contributed by atoms with Crippen molar-refractivity contribution < 1.29 is 27.1 Å². The molecule has 1 saturated heterocycles. The summed E-state index contributed by atoms with van der Waals surface area (Å²) in [4.78, 5) is 29.1. The molecule has 214 valence electrons. The van der Waals surface area contributed by atoms with Crippen molar-refractivity contribution in [1.29, 1.82) is 0 Å². The van der Waals surface area contributed by atoms with Gasteiger partial charge < -0.3 is 14.1 Å². The third kappa shape index (κ3) is 5.92. The molecule has 1 fully saturated rings. The van der Waals surface area contributed by atoms with Gasteiger partial charge in [-0.15, -0.1) is 0 Å². The number of amides is 1. The minimum absolute atomic E-state index is 0.164. The Morgan fingerprint density at radius 3 is 2.32 bits per heavy atom. The van der Waals surface area contributed by atoms with Gasteiger partial charge in [-0.05, 0) is 38.1 Å². The lowest BCUT2D eigenvalue weighted by molar-refractivity contribution is -0.153. The Kier molecular flexibility index (Phi) is 8.03. The van der Waals surface area contributed by atoms with Gasteiger partial charge in [0.25, 0.3) is 5.91 Å². The Bertz CT molecular complexity index is 1600. The fourth-order valence-electron chi connectivity index (χ4n) is 5.13. The number of rotatable bonds is 7. The maximum absolute atomic E-state index is 13.9. The number of carbonyl (C=O) groups is 1. The number of para-hydroxylation sites is 3. The SMILES string of the molecule is CCN(C(=O)c1cccc2c(=O)c(C)c(-c3ccccc3)oc12)N1CCN(c2ccccc2OCC(F)(F)F)CC1. The molecule has 3 aromatic carbocycles. The Morgan fingerprint density at radius 1 is 0.951 bits per heavy atom. The lowest BCUT2D eigenvalue weighted by Gasteiger charge is -2.41. The van der Waals surface area contributed by atoms with Crippen molar-refractivity contribution in [3.63, 3.8) is 0 Å². The first-order valence-corrected chi connectivity index (χ1v) is 13.4. The fourth-order valence-corrected chi connectivity index (χ4v) is 5.13. The predicted molar refractivity (Wildman–Crippen MR) is 151 cm³/mol. The number of halogens is 3. The van der Waals surface area contributed by atoms with Crippen LogP contribution in [0.4, 0.5) is 18.9 Å². The van der Waals surface area contributed by atoms with Crippen LogP contribution < -0.4 is 15.1 Å². The highest BCUT2D eigenvalue weighted by Gasteiger charge is 2.31. The van der Waals surface area contributed by atoms with Crippen LogP contribution in [0.2, 0.25) is 0 Å². The molecule has 0 unspecified atom stereocenters. The summed E-state index contributed by atoms with van der Waals surface area (Å²) >= 11 is 0. The number of hydrogen-bond donors (Lipinski definition) is 0. The molecule has 4 aromatic rings. The predicted octanol–water partition coefficient (Wildman–Crippen LogP) is 5.91. The molecule has 10 heteroatoms. The summed E-state index contributed by atoms with van der Waals surface area (Å²) in [6, 6.07) is 20.9. The lowest BCUT2D eigenvalue weighted by atomic mass is 10.0. The molecule has 0 aliphatic carbocycles. The molecular formula is C31H30F3N3O4. The van der Waals surface area contributed by atoms with E-state index in [9.17, 15) is 22.8 Å². The smallest absolute Gasteiger partial charge is 0.422 e. The molecule has 0 atom stereocenters. The van der Waals surface area contributed by atoms with Gasteiger partial charge in [-0.3, -0.25) is 14.6 Å². The number of benzene rings is 3. The first-order valence-electron chi connectivity index (χ1n) is 13.4. The van der Waals surface area contributed by atoms with Crippen LogP contribution in [-0.2, 0) is 0 Å². The van der Waals surface area contributed by atoms with Crippen LogP contribution in [-0.4, -0.2) is 61.4 Å². The molecule has 1 aromatic heterocycles. The van der Waals surface area contributed by atoms with Crippen LogP contribution in [0.3, 0.4) is 0 Å². The van der Waals surface area contributed by atoms with Gasteiger partial charge in [0.05, 0.1) is 16.6 Å². The van der Waals surface area contributed by atoms with E-state index in [-0.39, 0.29) is 28.2 Å². The molecule has 7 nitrogen and oxygen atoms in total. The highest BCUT2D eigenvalue weighted by Crippen LogP contribution is 2.31. The summed E-state index contributed by atoms with van der Waals surface area (Å²) in [5.74, 6) is 0.287. The number of hydrazine groups is 1. The molecule has 1 amide bonds. The summed E-state index contributed by atoms with van der Waals surface area (Å²) < 4.78 is 49.6. The van der Waals surface area contributed by atoms with E-state index in [1.807, 2.05) is 47.2 Å². The lowest BCUT2D eigenvalue weighted by Crippen LogP contribution is -2.55. The number of anilines is 1. The van der Waals surface area contributed by atoms with E-state index in [1.165, 1.54) is 6.07 Å². The largest absolute Gasteiger partial charge is 0.482 e. The van der Waals surface area contributed by atoms with E-state index in [2.05, 4.69) is 0 Å². The van der Waals surface area contributed by atoms with Gasteiger partial charge in [-0.1, -0.05) is 48.5 Å². The maximum atomic E-state index is 13.9. The number of carbonyl (C=O) groups excluding carboxylic acids is 1. The minimum atomic E-state index is -4.44. The second-order valence-electron chi connectivity index (χ2n) is 9.77. The zero-order valence-electron chi connectivity index (χ0n) is 22.8. The molecule has 2 heterocycles. The van der Waals surface area contributed by atoms with Gasteiger partial charge in [-0.25, -0.2) is 5.01 Å². The van der Waals surface area contributed by atoms with Gasteiger partial charge in [-0.2, -0.15) is 13.2 Å². The van der Waals surface area contributed by atoms with Gasteiger partial charge in [0, 0.05) is 43.9 Å². The number of alkyl halides is 3. The number of piperazine rings is 1. The van der Waals surface area contributed by atoms with Crippen molar-refractivity contribution in [2.75, 3.05) is 44.2 Å². The highest BCUT2D eigenvalue weighted by atomic mass is 19.4. The monoisotopic (exact) mass is 565 g/mol. The molecule has 5 rings (SSSR count). The van der Waals surface area contributed by atoms with E-state index in [1.54, 1.807) is 48.3 Å². The third-order valence-corrected chi connectivity index (χ3v) is 7.14. The quantitative estimate of drug-likeness (QED) is 0.278. The van der Waals surface area contributed by atoms with Crippen molar-refractivity contribution >= 4 is 22.6 Å². The standard InChI is InChI=1S/C31H30F3N3O4/c1-3-37(36-18-16-35(17-19-36)25-14-7-8-15-26(25)40-20-31(32,33)34)30(39)24-13-9-12-23-27(38)21(2)28(41-29(23)24)22-10-5-4-6-11-22/h4-15H,3,16-20H2,1-2H3. The van der Waals surface area contributed by atoms with Crippen LogP contribution in [0.25, 0.3) is 22.3 Å². The molecule has 0 saturated carbocycles. The second kappa shape index (κ2) is 11.7. The van der Waals surface area contributed by atoms with E-state index < -0.39 is 12.8 Å². The minimum Gasteiger partial charge on any atom is -0.482 e. The maximum Gasteiger partial charge on any atom is 0.422 e. The van der Waals surface area contributed by atoms with E-state index >= 15 is 0 Å². The number of hydrogen-bond acceptors (Lipinski definition) is 6. The first kappa shape index (κ1) is 28.2. The van der Waals surface area contributed by atoms with Crippen LogP contribution >= 0.6 is 0 Å². The van der Waals surface area contributed by atoms with Crippen LogP contribution in [0.1, 0.15) is 22.8 Å². The topological polar surface area (TPSA) is 66.2 Å². The summed E-state index contributed by atoms with van der Waals surface area (Å²) in [5, 5.41) is 3.88. The summed E-state index contributed by atoms with van der Waals surface area (Å²) in [6.07, 6.45) is -4.44. The van der Waals surface area contributed by atoms with Crippen molar-refractivity contribution in [1.82, 2.24) is 10.0 Å². The highest BCUT2D eigenvalue weighted by molar-refractivity contribution is 6.05. The molecule has 0 N–H and O–H groups in total. The van der Waals surface area contributed by atoms with E-state index in [0.717, 1.165) is 5.56 Å².